The molecule has 25 heavy (non-hydrogen) atoms. The van der Waals surface area contributed by atoms with Gasteiger partial charge < -0.3 is 24.0 Å². The van der Waals surface area contributed by atoms with Crippen LogP contribution in [0.4, 0.5) is 0 Å². The molecule has 0 radical (unpaired) electrons. The summed E-state index contributed by atoms with van der Waals surface area (Å²) in [7, 11) is 3.91. The van der Waals surface area contributed by atoms with Gasteiger partial charge in [-0.25, -0.2) is 0 Å². The molecular weight excluding hydrogens is 316 g/mol. The van der Waals surface area contributed by atoms with E-state index in [1.165, 1.54) is 44.7 Å². The first-order chi connectivity index (χ1) is 12.2. The molecule has 2 aliphatic rings. The standard InChI is InChI=1S/C20H32N2O3/c1-21-10-12-22(13-11-21)9-3-5-17-7-8-19(20(15-17)23-2)25-16-18-6-4-14-24-18/h7-8,15,18H,3-6,9-14,16H2,1-2H3. The maximum atomic E-state index is 5.91. The number of rotatable bonds is 8. The van der Waals surface area contributed by atoms with Crippen molar-refractivity contribution in [2.24, 2.45) is 0 Å². The van der Waals surface area contributed by atoms with Gasteiger partial charge >= 0.3 is 0 Å². The van der Waals surface area contributed by atoms with Crippen molar-refractivity contribution in [3.63, 3.8) is 0 Å². The molecule has 0 aliphatic carbocycles. The van der Waals surface area contributed by atoms with E-state index in [2.05, 4.69) is 29.0 Å². The average molecular weight is 348 g/mol. The summed E-state index contributed by atoms with van der Waals surface area (Å²) in [6, 6.07) is 6.32. The third kappa shape index (κ3) is 5.59. The van der Waals surface area contributed by atoms with Crippen LogP contribution >= 0.6 is 0 Å². The van der Waals surface area contributed by atoms with Crippen molar-refractivity contribution < 1.29 is 14.2 Å². The zero-order valence-corrected chi connectivity index (χ0v) is 15.7. The molecule has 1 unspecified atom stereocenters. The second-order valence-electron chi connectivity index (χ2n) is 7.18. The Morgan fingerprint density at radius 3 is 2.72 bits per heavy atom. The second-order valence-corrected chi connectivity index (χ2v) is 7.18. The topological polar surface area (TPSA) is 34.2 Å². The number of hydrogen-bond donors (Lipinski definition) is 0. The van der Waals surface area contributed by atoms with Gasteiger partial charge in [0.2, 0.25) is 0 Å². The highest BCUT2D eigenvalue weighted by molar-refractivity contribution is 5.43. The predicted octanol–water partition coefficient (Wildman–Crippen LogP) is 2.43. The van der Waals surface area contributed by atoms with Crippen molar-refractivity contribution >= 4 is 0 Å². The molecular formula is C20H32N2O3. The van der Waals surface area contributed by atoms with Gasteiger partial charge in [-0.1, -0.05) is 6.07 Å². The summed E-state index contributed by atoms with van der Waals surface area (Å²) in [5, 5.41) is 0. The van der Waals surface area contributed by atoms with Gasteiger partial charge in [0.25, 0.3) is 0 Å². The fourth-order valence-corrected chi connectivity index (χ4v) is 3.52. The summed E-state index contributed by atoms with van der Waals surface area (Å²) in [6.45, 7) is 7.39. The van der Waals surface area contributed by atoms with E-state index in [1.54, 1.807) is 7.11 Å². The molecule has 0 aromatic heterocycles. The van der Waals surface area contributed by atoms with Crippen molar-refractivity contribution in [2.45, 2.75) is 31.8 Å². The van der Waals surface area contributed by atoms with Gasteiger partial charge in [0.15, 0.2) is 11.5 Å². The molecule has 2 fully saturated rings. The molecule has 1 aromatic rings. The first kappa shape index (κ1) is 18.5. The summed E-state index contributed by atoms with van der Waals surface area (Å²) >= 11 is 0. The molecule has 0 amide bonds. The van der Waals surface area contributed by atoms with Crippen LogP contribution in [-0.2, 0) is 11.2 Å². The number of ether oxygens (including phenoxy) is 3. The summed E-state index contributed by atoms with van der Waals surface area (Å²) in [6.07, 6.45) is 4.72. The molecule has 0 N–H and O–H groups in total. The van der Waals surface area contributed by atoms with Crippen molar-refractivity contribution in [3.8, 4) is 11.5 Å². The lowest BCUT2D eigenvalue weighted by Gasteiger charge is -2.32. The first-order valence-electron chi connectivity index (χ1n) is 9.57. The Kier molecular flexibility index (Phi) is 6.96. The SMILES string of the molecule is COc1cc(CCCN2CCN(C)CC2)ccc1OCC1CCCO1. The molecule has 1 atom stereocenters. The lowest BCUT2D eigenvalue weighted by atomic mass is 10.1. The van der Waals surface area contributed by atoms with Crippen LogP contribution < -0.4 is 9.47 Å². The van der Waals surface area contributed by atoms with Crippen molar-refractivity contribution in [1.82, 2.24) is 9.80 Å². The Bertz CT molecular complexity index is 524. The zero-order chi connectivity index (χ0) is 17.5. The van der Waals surface area contributed by atoms with Crippen LogP contribution in [-0.4, -0.2) is 76.0 Å². The van der Waals surface area contributed by atoms with E-state index in [1.807, 2.05) is 6.07 Å². The quantitative estimate of drug-likeness (QED) is 0.721. The maximum Gasteiger partial charge on any atom is 0.161 e. The number of piperazine rings is 1. The van der Waals surface area contributed by atoms with Crippen LogP contribution in [0.25, 0.3) is 0 Å². The maximum absolute atomic E-state index is 5.91. The van der Waals surface area contributed by atoms with E-state index in [0.717, 1.165) is 37.4 Å². The summed E-state index contributed by atoms with van der Waals surface area (Å²) in [5.74, 6) is 1.65. The van der Waals surface area contributed by atoms with Gasteiger partial charge in [-0.15, -0.1) is 0 Å². The third-order valence-corrected chi connectivity index (χ3v) is 5.21. The van der Waals surface area contributed by atoms with Gasteiger partial charge in [-0.3, -0.25) is 0 Å². The van der Waals surface area contributed by atoms with E-state index >= 15 is 0 Å². The van der Waals surface area contributed by atoms with Crippen LogP contribution in [0.3, 0.4) is 0 Å². The van der Waals surface area contributed by atoms with Crippen LogP contribution in [0.15, 0.2) is 18.2 Å². The Morgan fingerprint density at radius 2 is 2.00 bits per heavy atom. The Morgan fingerprint density at radius 1 is 1.16 bits per heavy atom. The minimum absolute atomic E-state index is 0.230. The number of hydrogen-bond acceptors (Lipinski definition) is 5. The van der Waals surface area contributed by atoms with Gasteiger partial charge in [0.1, 0.15) is 6.61 Å². The Balaban J connectivity index is 1.45. The molecule has 1 aromatic carbocycles. The van der Waals surface area contributed by atoms with Crippen LogP contribution in [0, 0.1) is 0 Å². The van der Waals surface area contributed by atoms with Crippen molar-refractivity contribution in [1.29, 1.82) is 0 Å². The molecule has 2 heterocycles. The largest absolute Gasteiger partial charge is 0.493 e. The normalized spacial score (nSPS) is 22.2. The number of nitrogens with zero attached hydrogens (tertiary/aromatic N) is 2. The molecule has 0 spiro atoms. The van der Waals surface area contributed by atoms with Crippen LogP contribution in [0.5, 0.6) is 11.5 Å². The van der Waals surface area contributed by atoms with E-state index in [-0.39, 0.29) is 6.10 Å². The van der Waals surface area contributed by atoms with Gasteiger partial charge in [-0.05, 0) is 57.0 Å². The highest BCUT2D eigenvalue weighted by atomic mass is 16.5. The highest BCUT2D eigenvalue weighted by Crippen LogP contribution is 2.29. The molecule has 5 heteroatoms. The van der Waals surface area contributed by atoms with Crippen LogP contribution in [0.2, 0.25) is 0 Å². The highest BCUT2D eigenvalue weighted by Gasteiger charge is 2.17. The molecule has 2 aliphatic heterocycles. The van der Waals surface area contributed by atoms with E-state index in [4.69, 9.17) is 14.2 Å². The minimum atomic E-state index is 0.230. The molecule has 2 saturated heterocycles. The smallest absolute Gasteiger partial charge is 0.161 e. The number of benzene rings is 1. The Hall–Kier alpha value is -1.30. The molecule has 0 bridgehead atoms. The van der Waals surface area contributed by atoms with E-state index < -0.39 is 0 Å². The molecule has 5 nitrogen and oxygen atoms in total. The van der Waals surface area contributed by atoms with Crippen molar-refractivity contribution in [2.75, 3.05) is 60.1 Å². The fourth-order valence-electron chi connectivity index (χ4n) is 3.52. The average Bonchev–Trinajstić information content (AvgIpc) is 3.15. The third-order valence-electron chi connectivity index (χ3n) is 5.21. The monoisotopic (exact) mass is 348 g/mol. The van der Waals surface area contributed by atoms with Gasteiger partial charge in [0.05, 0.1) is 13.2 Å². The van der Waals surface area contributed by atoms with Crippen molar-refractivity contribution in [3.05, 3.63) is 23.8 Å². The first-order valence-corrected chi connectivity index (χ1v) is 9.57. The minimum Gasteiger partial charge on any atom is -0.493 e. The number of likely N-dealkylation sites (N-methyl/N-ethyl adjacent to an activating group) is 1. The van der Waals surface area contributed by atoms with Crippen LogP contribution in [0.1, 0.15) is 24.8 Å². The molecule has 0 saturated carbocycles. The van der Waals surface area contributed by atoms with E-state index in [0.29, 0.717) is 6.61 Å². The number of methoxy groups -OCH3 is 1. The summed E-state index contributed by atoms with van der Waals surface area (Å²) < 4.78 is 17.1. The zero-order valence-electron chi connectivity index (χ0n) is 15.7. The number of aryl methyl sites for hydroxylation is 1. The second kappa shape index (κ2) is 9.41. The fraction of sp³-hybridized carbons (Fsp3) is 0.700. The summed E-state index contributed by atoms with van der Waals surface area (Å²) in [5.41, 5.74) is 1.32. The Labute approximate surface area is 151 Å². The summed E-state index contributed by atoms with van der Waals surface area (Å²) in [4.78, 5) is 4.97. The van der Waals surface area contributed by atoms with Gasteiger partial charge in [-0.2, -0.15) is 0 Å². The molecule has 3 rings (SSSR count). The van der Waals surface area contributed by atoms with E-state index in [9.17, 15) is 0 Å². The predicted molar refractivity (Wildman–Crippen MR) is 99.7 cm³/mol. The molecule has 140 valence electrons. The lowest BCUT2D eigenvalue weighted by molar-refractivity contribution is 0.0669. The lowest BCUT2D eigenvalue weighted by Crippen LogP contribution is -2.44. The van der Waals surface area contributed by atoms with Gasteiger partial charge in [0, 0.05) is 32.8 Å².